The third kappa shape index (κ3) is 6.07. The molecule has 0 N–H and O–H groups in total. The maximum absolute atomic E-state index is 13.5. The van der Waals surface area contributed by atoms with Crippen LogP contribution in [0.1, 0.15) is 30.1 Å². The number of thiazole rings is 1. The first-order valence-corrected chi connectivity index (χ1v) is 11.8. The van der Waals surface area contributed by atoms with E-state index in [-0.39, 0.29) is 18.3 Å². The summed E-state index contributed by atoms with van der Waals surface area (Å²) in [5.41, 5.74) is 1.39. The van der Waals surface area contributed by atoms with Crippen molar-refractivity contribution in [2.75, 3.05) is 51.9 Å². The third-order valence-corrected chi connectivity index (χ3v) is 6.18. The van der Waals surface area contributed by atoms with Crippen molar-refractivity contribution >= 4 is 45.0 Å². The molecule has 0 spiro atoms. The minimum atomic E-state index is -0.0934. The predicted octanol–water partition coefficient (Wildman–Crippen LogP) is 4.88. The molecule has 4 rings (SSSR count). The molecular formula is C24H30ClN3O4S. The topological polar surface area (TPSA) is 64.1 Å². The van der Waals surface area contributed by atoms with Crippen LogP contribution < -0.4 is 19.1 Å². The zero-order valence-corrected chi connectivity index (χ0v) is 20.8. The molecule has 0 bridgehead atoms. The summed E-state index contributed by atoms with van der Waals surface area (Å²) in [6.07, 6.45) is 2.05. The van der Waals surface area contributed by atoms with Crippen LogP contribution in [0, 0.1) is 0 Å². The first-order valence-electron chi connectivity index (χ1n) is 10.9. The van der Waals surface area contributed by atoms with Gasteiger partial charge in [0.05, 0.1) is 16.8 Å². The highest BCUT2D eigenvalue weighted by Crippen LogP contribution is 2.39. The van der Waals surface area contributed by atoms with E-state index in [9.17, 15) is 4.79 Å². The van der Waals surface area contributed by atoms with E-state index in [1.807, 2.05) is 50.5 Å². The Kier molecular flexibility index (Phi) is 8.77. The maximum Gasteiger partial charge on any atom is 0.260 e. The first-order chi connectivity index (χ1) is 15.5. The minimum Gasteiger partial charge on any atom is -0.494 e. The van der Waals surface area contributed by atoms with Gasteiger partial charge in [0, 0.05) is 30.8 Å². The monoisotopic (exact) mass is 491 g/mol. The second-order valence-electron chi connectivity index (χ2n) is 7.95. The Bertz CT molecular complexity index is 1050. The summed E-state index contributed by atoms with van der Waals surface area (Å²) in [5.74, 6) is 2.04. The van der Waals surface area contributed by atoms with Crippen molar-refractivity contribution < 1.29 is 19.0 Å². The minimum absolute atomic E-state index is 0. The summed E-state index contributed by atoms with van der Waals surface area (Å²) >= 11 is 1.48. The van der Waals surface area contributed by atoms with Crippen LogP contribution in [0.4, 0.5) is 5.13 Å². The van der Waals surface area contributed by atoms with Gasteiger partial charge in [-0.05, 0) is 38.7 Å². The summed E-state index contributed by atoms with van der Waals surface area (Å²) in [4.78, 5) is 22.1. The number of amides is 1. The van der Waals surface area contributed by atoms with Gasteiger partial charge >= 0.3 is 0 Å². The van der Waals surface area contributed by atoms with E-state index >= 15 is 0 Å². The highest BCUT2D eigenvalue weighted by Gasteiger charge is 2.23. The van der Waals surface area contributed by atoms with Crippen molar-refractivity contribution in [1.29, 1.82) is 0 Å². The van der Waals surface area contributed by atoms with E-state index in [2.05, 4.69) is 11.8 Å². The van der Waals surface area contributed by atoms with Crippen LogP contribution in [0.2, 0.25) is 0 Å². The van der Waals surface area contributed by atoms with Crippen molar-refractivity contribution in [3.05, 3.63) is 42.0 Å². The van der Waals surface area contributed by atoms with Crippen LogP contribution in [0.3, 0.4) is 0 Å². The molecule has 9 heteroatoms. The second kappa shape index (κ2) is 11.5. The highest BCUT2D eigenvalue weighted by molar-refractivity contribution is 7.22. The molecule has 0 saturated carbocycles. The lowest BCUT2D eigenvalue weighted by Gasteiger charge is -2.22. The molecule has 7 nitrogen and oxygen atoms in total. The largest absolute Gasteiger partial charge is 0.494 e. The smallest absolute Gasteiger partial charge is 0.260 e. The van der Waals surface area contributed by atoms with Crippen molar-refractivity contribution in [2.24, 2.45) is 0 Å². The lowest BCUT2D eigenvalue weighted by Crippen LogP contribution is -2.36. The molecule has 0 aliphatic carbocycles. The number of likely N-dealkylation sites (N-methyl/N-ethyl adjacent to an activating group) is 1. The Morgan fingerprint density at radius 1 is 1.12 bits per heavy atom. The standard InChI is InChI=1S/C24H29N3O4S.ClH/c1-4-5-11-29-18-8-6-7-17(14-18)23(28)27(10-9-26(2)3)24-25-19-15-20-21(16-22(19)32-24)31-13-12-30-20;/h6-8,14-16H,4-5,9-13H2,1-3H3;1H. The number of benzene rings is 2. The summed E-state index contributed by atoms with van der Waals surface area (Å²) in [6, 6.07) is 11.2. The number of hydrogen-bond acceptors (Lipinski definition) is 7. The van der Waals surface area contributed by atoms with Gasteiger partial charge in [0.25, 0.3) is 5.91 Å². The van der Waals surface area contributed by atoms with Crippen LogP contribution >= 0.6 is 23.7 Å². The molecule has 2 aromatic carbocycles. The number of carbonyl (C=O) groups is 1. The van der Waals surface area contributed by atoms with Crippen LogP contribution in [-0.4, -0.2) is 62.8 Å². The Balaban J connectivity index is 0.00000306. The van der Waals surface area contributed by atoms with Crippen molar-refractivity contribution in [2.45, 2.75) is 19.8 Å². The molecule has 2 heterocycles. The van der Waals surface area contributed by atoms with Gasteiger partial charge in [-0.25, -0.2) is 4.98 Å². The molecule has 1 aromatic heterocycles. The molecule has 1 aliphatic rings. The molecule has 1 amide bonds. The number of nitrogens with zero attached hydrogens (tertiary/aromatic N) is 3. The molecule has 0 radical (unpaired) electrons. The van der Waals surface area contributed by atoms with Crippen LogP contribution in [0.25, 0.3) is 10.2 Å². The van der Waals surface area contributed by atoms with Crippen molar-refractivity contribution in [3.8, 4) is 17.2 Å². The maximum atomic E-state index is 13.5. The quantitative estimate of drug-likeness (QED) is 0.398. The molecule has 0 atom stereocenters. The average Bonchev–Trinajstić information content (AvgIpc) is 3.20. The van der Waals surface area contributed by atoms with E-state index in [0.717, 1.165) is 35.4 Å². The fourth-order valence-corrected chi connectivity index (χ4v) is 4.36. The van der Waals surface area contributed by atoms with Gasteiger partial charge in [0.2, 0.25) is 0 Å². The molecule has 0 saturated heterocycles. The van der Waals surface area contributed by atoms with Crippen molar-refractivity contribution in [3.63, 3.8) is 0 Å². The van der Waals surface area contributed by atoms with Gasteiger partial charge in [-0.2, -0.15) is 0 Å². The number of rotatable bonds is 9. The third-order valence-electron chi connectivity index (χ3n) is 5.14. The Labute approximate surface area is 204 Å². The summed E-state index contributed by atoms with van der Waals surface area (Å²) in [7, 11) is 3.98. The summed E-state index contributed by atoms with van der Waals surface area (Å²) in [6.45, 7) is 5.08. The molecule has 0 unspecified atom stereocenters. The molecule has 0 fully saturated rings. The lowest BCUT2D eigenvalue weighted by atomic mass is 10.2. The second-order valence-corrected chi connectivity index (χ2v) is 8.96. The van der Waals surface area contributed by atoms with Crippen LogP contribution in [0.5, 0.6) is 17.2 Å². The molecule has 178 valence electrons. The molecular weight excluding hydrogens is 462 g/mol. The van der Waals surface area contributed by atoms with Gasteiger partial charge < -0.3 is 19.1 Å². The highest BCUT2D eigenvalue weighted by atomic mass is 35.5. The number of hydrogen-bond donors (Lipinski definition) is 0. The zero-order valence-electron chi connectivity index (χ0n) is 19.2. The van der Waals surface area contributed by atoms with Crippen LogP contribution in [0.15, 0.2) is 36.4 Å². The van der Waals surface area contributed by atoms with E-state index in [1.165, 1.54) is 11.3 Å². The Morgan fingerprint density at radius 3 is 2.61 bits per heavy atom. The number of carbonyl (C=O) groups excluding carboxylic acids is 1. The number of halogens is 1. The van der Waals surface area contributed by atoms with Crippen LogP contribution in [-0.2, 0) is 0 Å². The zero-order chi connectivity index (χ0) is 22.5. The lowest BCUT2D eigenvalue weighted by molar-refractivity contribution is 0.0984. The number of fused-ring (bicyclic) bond motifs is 2. The predicted molar refractivity (Wildman–Crippen MR) is 135 cm³/mol. The number of aromatic nitrogens is 1. The molecule has 3 aromatic rings. The van der Waals surface area contributed by atoms with Gasteiger partial charge in [-0.15, -0.1) is 12.4 Å². The van der Waals surface area contributed by atoms with Crippen molar-refractivity contribution in [1.82, 2.24) is 9.88 Å². The number of ether oxygens (including phenoxy) is 3. The number of anilines is 1. The Morgan fingerprint density at radius 2 is 1.88 bits per heavy atom. The SMILES string of the molecule is CCCCOc1cccc(C(=O)N(CCN(C)C)c2nc3cc4c(cc3s2)OCCO4)c1.Cl. The molecule has 1 aliphatic heterocycles. The van der Waals surface area contributed by atoms with E-state index < -0.39 is 0 Å². The van der Waals surface area contributed by atoms with E-state index in [4.69, 9.17) is 19.2 Å². The normalized spacial score (nSPS) is 12.5. The van der Waals surface area contributed by atoms with E-state index in [1.54, 1.807) is 4.90 Å². The first kappa shape index (κ1) is 25.1. The fourth-order valence-electron chi connectivity index (χ4n) is 3.36. The van der Waals surface area contributed by atoms with Gasteiger partial charge in [0.1, 0.15) is 19.0 Å². The molecule has 33 heavy (non-hydrogen) atoms. The van der Waals surface area contributed by atoms with E-state index in [0.29, 0.717) is 48.6 Å². The van der Waals surface area contributed by atoms with Gasteiger partial charge in [-0.3, -0.25) is 9.69 Å². The Hall–Kier alpha value is -2.55. The van der Waals surface area contributed by atoms with Gasteiger partial charge in [-0.1, -0.05) is 30.7 Å². The van der Waals surface area contributed by atoms with Gasteiger partial charge in [0.15, 0.2) is 16.6 Å². The average molecular weight is 492 g/mol. The number of unbranched alkanes of at least 4 members (excludes halogenated alkanes) is 1. The fraction of sp³-hybridized carbons (Fsp3) is 0.417. The summed E-state index contributed by atoms with van der Waals surface area (Å²) in [5, 5.41) is 0.659. The summed E-state index contributed by atoms with van der Waals surface area (Å²) < 4.78 is 18.2.